The van der Waals surface area contributed by atoms with Gasteiger partial charge in [-0.25, -0.2) is 4.79 Å². The standard InChI is InChI=1S/C39H51ClN6O5S2/c1-39(2,3)51-37(50)43-31(23-34(41)47)35(48)45-17-15-44(16-18-45)14-6-4-5-7-26-21-29(25-10-12-28(40)13-11-25)42-30(26)22-33-36(49)46(38(52)53-33)32-20-24-8-9-27(32)19-24/h10-13,21-22,24,27,31-32,42H,4-9,14-20,23H2,1-3H3,(H2,41,47)(H,43,50)/b33-22-/t24?,27?,31-,32?/m0/s1. The van der Waals surface area contributed by atoms with Crippen molar-refractivity contribution >= 4 is 69.8 Å². The molecule has 1 aromatic carbocycles. The molecule has 4 fully saturated rings. The zero-order valence-electron chi connectivity index (χ0n) is 30.8. The van der Waals surface area contributed by atoms with Gasteiger partial charge < -0.3 is 25.7 Å². The number of halogens is 1. The highest BCUT2D eigenvalue weighted by Crippen LogP contribution is 2.49. The van der Waals surface area contributed by atoms with Gasteiger partial charge in [0.1, 0.15) is 16.0 Å². The van der Waals surface area contributed by atoms with E-state index >= 15 is 0 Å². The number of primary amides is 1. The van der Waals surface area contributed by atoms with Crippen LogP contribution in [0.4, 0.5) is 4.79 Å². The van der Waals surface area contributed by atoms with E-state index in [1.807, 2.05) is 35.2 Å². The Balaban J connectivity index is 1.02. The summed E-state index contributed by atoms with van der Waals surface area (Å²) in [5.74, 6) is 0.332. The number of carbonyl (C=O) groups excluding carboxylic acids is 4. The quantitative estimate of drug-likeness (QED) is 0.121. The van der Waals surface area contributed by atoms with Crippen LogP contribution in [0.25, 0.3) is 17.3 Å². The Hall–Kier alpha value is -3.39. The number of unbranched alkanes of at least 4 members (excludes halogenated alkanes) is 2. The summed E-state index contributed by atoms with van der Waals surface area (Å²) < 4.78 is 5.96. The Morgan fingerprint density at radius 2 is 1.83 bits per heavy atom. The van der Waals surface area contributed by atoms with E-state index in [1.54, 1.807) is 25.7 Å². The number of hydrogen-bond acceptors (Lipinski definition) is 8. The molecule has 2 aliphatic heterocycles. The third-order valence-electron chi connectivity index (χ3n) is 10.7. The van der Waals surface area contributed by atoms with Crippen molar-refractivity contribution in [2.75, 3.05) is 32.7 Å². The number of aryl methyl sites for hydroxylation is 1. The Kier molecular flexibility index (Phi) is 12.6. The van der Waals surface area contributed by atoms with Crippen LogP contribution in [0.2, 0.25) is 5.02 Å². The summed E-state index contributed by atoms with van der Waals surface area (Å²) in [4.78, 5) is 61.2. The van der Waals surface area contributed by atoms with Crippen LogP contribution in [0.1, 0.15) is 83.4 Å². The number of thiocarbonyl (C=S) groups is 1. The van der Waals surface area contributed by atoms with Crippen LogP contribution < -0.4 is 11.1 Å². The Morgan fingerprint density at radius 3 is 2.47 bits per heavy atom. The third-order valence-corrected chi connectivity index (χ3v) is 12.3. The fourth-order valence-corrected chi connectivity index (χ4v) is 9.63. The van der Waals surface area contributed by atoms with E-state index in [9.17, 15) is 19.2 Å². The molecular weight excluding hydrogens is 732 g/mol. The summed E-state index contributed by atoms with van der Waals surface area (Å²) in [6.45, 7) is 8.50. The van der Waals surface area contributed by atoms with Gasteiger partial charge in [0.25, 0.3) is 5.91 Å². The summed E-state index contributed by atoms with van der Waals surface area (Å²) >= 11 is 13.4. The largest absolute Gasteiger partial charge is 0.444 e. The Bertz CT molecular complexity index is 1730. The highest BCUT2D eigenvalue weighted by atomic mass is 35.5. The van der Waals surface area contributed by atoms with Gasteiger partial charge >= 0.3 is 6.09 Å². The molecule has 286 valence electrons. The topological polar surface area (TPSA) is 141 Å². The predicted molar refractivity (Wildman–Crippen MR) is 213 cm³/mol. The number of benzene rings is 1. The number of aromatic nitrogens is 1. The number of fused-ring (bicyclic) bond motifs is 2. The van der Waals surface area contributed by atoms with E-state index in [1.165, 1.54) is 31.0 Å². The van der Waals surface area contributed by atoms with E-state index in [0.717, 1.165) is 67.1 Å². The van der Waals surface area contributed by atoms with Crippen molar-refractivity contribution in [1.82, 2.24) is 25.0 Å². The van der Waals surface area contributed by atoms with Crippen LogP contribution in [0, 0.1) is 11.8 Å². The lowest BCUT2D eigenvalue weighted by atomic mass is 9.94. The first-order valence-electron chi connectivity index (χ1n) is 18.8. The number of hydrogen-bond donors (Lipinski definition) is 3. The van der Waals surface area contributed by atoms with E-state index in [-0.39, 0.29) is 24.3 Å². The van der Waals surface area contributed by atoms with E-state index in [4.69, 9.17) is 34.3 Å². The number of ether oxygens (including phenoxy) is 1. The lowest BCUT2D eigenvalue weighted by Crippen LogP contribution is -2.56. The van der Waals surface area contributed by atoms with Crippen LogP contribution in [0.5, 0.6) is 0 Å². The second-order valence-corrected chi connectivity index (χ2v) is 17.9. The van der Waals surface area contributed by atoms with Crippen LogP contribution in [-0.2, 0) is 25.5 Å². The van der Waals surface area contributed by atoms with Crippen LogP contribution >= 0.6 is 35.6 Å². The molecule has 2 bridgehead atoms. The number of H-pyrrole nitrogens is 1. The third kappa shape index (κ3) is 10.0. The number of carbonyl (C=O) groups is 4. The first-order valence-corrected chi connectivity index (χ1v) is 20.4. The second kappa shape index (κ2) is 17.0. The molecule has 6 rings (SSSR count). The molecule has 0 radical (unpaired) electrons. The number of nitrogens with zero attached hydrogens (tertiary/aromatic N) is 3. The number of rotatable bonds is 13. The van der Waals surface area contributed by atoms with Crippen LogP contribution in [0.15, 0.2) is 35.2 Å². The minimum Gasteiger partial charge on any atom is -0.444 e. The number of amides is 4. The molecule has 3 unspecified atom stereocenters. The summed E-state index contributed by atoms with van der Waals surface area (Å²) in [7, 11) is 0. The van der Waals surface area contributed by atoms with Gasteiger partial charge in [-0.2, -0.15) is 0 Å². The van der Waals surface area contributed by atoms with Crippen LogP contribution in [-0.4, -0.2) is 98.2 Å². The molecule has 2 saturated heterocycles. The molecule has 11 nitrogen and oxygen atoms in total. The SMILES string of the molecule is CC(C)(C)OC(=O)N[C@@H](CC(N)=O)C(=O)N1CCN(CCCCCc2cc(-c3ccc(Cl)cc3)[nH]c2/C=C2\SC(=S)N(C3CC4CCC3C4)C2=O)CC1. The summed E-state index contributed by atoms with van der Waals surface area (Å²) in [5.41, 5.74) is 8.77. The molecule has 2 saturated carbocycles. The zero-order chi connectivity index (χ0) is 37.9. The fraction of sp³-hybridized carbons (Fsp3) is 0.564. The van der Waals surface area contributed by atoms with Gasteiger partial charge in [0.2, 0.25) is 11.8 Å². The molecule has 4 N–H and O–H groups in total. The molecule has 4 aliphatic rings. The minimum atomic E-state index is -1.06. The second-order valence-electron chi connectivity index (χ2n) is 15.8. The van der Waals surface area contributed by atoms with Crippen molar-refractivity contribution in [3.05, 3.63) is 51.5 Å². The number of nitrogens with two attached hydrogens (primary N) is 1. The zero-order valence-corrected chi connectivity index (χ0v) is 33.2. The molecule has 53 heavy (non-hydrogen) atoms. The smallest absolute Gasteiger partial charge is 0.408 e. The van der Waals surface area contributed by atoms with Crippen molar-refractivity contribution in [3.63, 3.8) is 0 Å². The van der Waals surface area contributed by atoms with Crippen LogP contribution in [0.3, 0.4) is 0 Å². The predicted octanol–water partition coefficient (Wildman–Crippen LogP) is 6.35. The van der Waals surface area contributed by atoms with E-state index < -0.39 is 23.6 Å². The maximum Gasteiger partial charge on any atom is 0.408 e. The van der Waals surface area contributed by atoms with Crippen molar-refractivity contribution in [2.24, 2.45) is 17.6 Å². The number of aromatic amines is 1. The highest BCUT2D eigenvalue weighted by Gasteiger charge is 2.48. The molecule has 0 spiro atoms. The summed E-state index contributed by atoms with van der Waals surface area (Å²) in [5, 5.41) is 3.21. The normalized spacial score (nSPS) is 23.2. The number of nitrogens with one attached hydrogen (secondary N) is 2. The number of alkyl carbamates (subject to hydrolysis) is 1. The first kappa shape index (κ1) is 39.3. The molecule has 4 atom stereocenters. The molecule has 4 amide bonds. The van der Waals surface area contributed by atoms with Crippen molar-refractivity contribution < 1.29 is 23.9 Å². The maximum absolute atomic E-state index is 13.7. The lowest BCUT2D eigenvalue weighted by Gasteiger charge is -2.36. The van der Waals surface area contributed by atoms with Gasteiger partial charge in [-0.15, -0.1) is 0 Å². The monoisotopic (exact) mass is 782 g/mol. The highest BCUT2D eigenvalue weighted by molar-refractivity contribution is 8.26. The number of thioether (sulfide) groups is 1. The van der Waals surface area contributed by atoms with Crippen molar-refractivity contribution in [1.29, 1.82) is 0 Å². The average Bonchev–Trinajstić information content (AvgIpc) is 3.88. The molecule has 1 aromatic heterocycles. The van der Waals surface area contributed by atoms with Gasteiger partial charge in [0, 0.05) is 48.6 Å². The molecule has 3 heterocycles. The Morgan fingerprint density at radius 1 is 1.09 bits per heavy atom. The van der Waals surface area contributed by atoms with Gasteiger partial charge in [0.15, 0.2) is 0 Å². The molecule has 14 heteroatoms. The Labute approximate surface area is 326 Å². The van der Waals surface area contributed by atoms with Crippen molar-refractivity contribution in [2.45, 2.75) is 96.2 Å². The van der Waals surface area contributed by atoms with Gasteiger partial charge in [-0.1, -0.05) is 60.6 Å². The van der Waals surface area contributed by atoms with Crippen molar-refractivity contribution in [3.8, 4) is 11.3 Å². The summed E-state index contributed by atoms with van der Waals surface area (Å²) in [6, 6.07) is 9.12. The average molecular weight is 783 g/mol. The maximum atomic E-state index is 13.7. The minimum absolute atomic E-state index is 0.0376. The summed E-state index contributed by atoms with van der Waals surface area (Å²) in [6.07, 6.45) is 9.57. The van der Waals surface area contributed by atoms with Gasteiger partial charge in [-0.05, 0) is 113 Å². The van der Waals surface area contributed by atoms with E-state index in [0.29, 0.717) is 46.3 Å². The first-order chi connectivity index (χ1) is 25.2. The number of piperazine rings is 1. The lowest BCUT2D eigenvalue weighted by molar-refractivity contribution is -0.137. The van der Waals surface area contributed by atoms with Gasteiger partial charge in [-0.3, -0.25) is 24.2 Å². The van der Waals surface area contributed by atoms with Gasteiger partial charge in [0.05, 0.1) is 11.3 Å². The molecular formula is C39H51ClN6O5S2. The molecule has 2 aromatic rings. The molecule has 2 aliphatic carbocycles. The fourth-order valence-electron chi connectivity index (χ4n) is 8.15. The van der Waals surface area contributed by atoms with E-state index in [2.05, 4.69) is 21.3 Å².